The molecule has 15 heavy (non-hydrogen) atoms. The van der Waals surface area contributed by atoms with Gasteiger partial charge in [0.2, 0.25) is 0 Å². The molecule has 3 heteroatoms. The van der Waals surface area contributed by atoms with Crippen molar-refractivity contribution in [2.24, 2.45) is 5.92 Å². The van der Waals surface area contributed by atoms with Crippen LogP contribution in [0.25, 0.3) is 0 Å². The minimum absolute atomic E-state index is 0.234. The normalized spacial score (nSPS) is 14.9. The Morgan fingerprint density at radius 2 is 2.13 bits per heavy atom. The van der Waals surface area contributed by atoms with Gasteiger partial charge in [0.15, 0.2) is 0 Å². The Kier molecular flexibility index (Phi) is 5.29. The van der Waals surface area contributed by atoms with Gasteiger partial charge >= 0.3 is 0 Å². The van der Waals surface area contributed by atoms with Gasteiger partial charge in [-0.2, -0.15) is 0 Å². The zero-order valence-electron chi connectivity index (χ0n) is 9.20. The number of hydrogen-bond acceptors (Lipinski definition) is 2. The van der Waals surface area contributed by atoms with Crippen LogP contribution >= 0.6 is 15.9 Å². The summed E-state index contributed by atoms with van der Waals surface area (Å²) in [6.45, 7) is 5.23. The van der Waals surface area contributed by atoms with Crippen LogP contribution in [-0.4, -0.2) is 18.3 Å². The zero-order valence-corrected chi connectivity index (χ0v) is 10.8. The maximum absolute atomic E-state index is 8.91. The van der Waals surface area contributed by atoms with Crippen LogP contribution in [0.3, 0.4) is 0 Å². The van der Waals surface area contributed by atoms with Gasteiger partial charge in [0.1, 0.15) is 0 Å². The molecular formula is C12H18BrNO. The highest BCUT2D eigenvalue weighted by Gasteiger charge is 2.06. The van der Waals surface area contributed by atoms with Crippen molar-refractivity contribution >= 4 is 15.9 Å². The molecule has 2 N–H and O–H groups in total. The van der Waals surface area contributed by atoms with E-state index in [1.165, 1.54) is 5.56 Å². The molecule has 0 aliphatic heterocycles. The third-order valence-electron chi connectivity index (χ3n) is 2.43. The summed E-state index contributed by atoms with van der Waals surface area (Å²) < 4.78 is 1.10. The summed E-state index contributed by atoms with van der Waals surface area (Å²) in [5.74, 6) is 0.305. The van der Waals surface area contributed by atoms with Crippen LogP contribution in [-0.2, 0) is 0 Å². The van der Waals surface area contributed by atoms with E-state index in [0.717, 1.165) is 11.0 Å². The maximum atomic E-state index is 8.91. The molecule has 1 aromatic rings. The summed E-state index contributed by atoms with van der Waals surface area (Å²) in [5.41, 5.74) is 1.26. The average Bonchev–Trinajstić information content (AvgIpc) is 2.25. The number of nitrogens with one attached hydrogen (secondary N) is 1. The molecule has 1 unspecified atom stereocenters. The number of aliphatic hydroxyl groups excluding tert-OH is 1. The van der Waals surface area contributed by atoms with Crippen molar-refractivity contribution in [1.82, 2.24) is 5.32 Å². The second-order valence-corrected chi connectivity index (χ2v) is 4.89. The van der Waals surface area contributed by atoms with Gasteiger partial charge in [0, 0.05) is 23.7 Å². The van der Waals surface area contributed by atoms with Gasteiger partial charge in [-0.05, 0) is 30.5 Å². The van der Waals surface area contributed by atoms with Crippen molar-refractivity contribution in [2.45, 2.75) is 19.9 Å². The molecule has 0 heterocycles. The molecule has 1 aromatic carbocycles. The van der Waals surface area contributed by atoms with Crippen LogP contribution in [0.4, 0.5) is 0 Å². The van der Waals surface area contributed by atoms with Crippen LogP contribution < -0.4 is 5.32 Å². The number of aliphatic hydroxyl groups is 1. The molecule has 0 saturated carbocycles. The van der Waals surface area contributed by atoms with Crippen molar-refractivity contribution in [2.75, 3.05) is 13.2 Å². The molecule has 0 fully saturated rings. The third kappa shape index (κ3) is 4.33. The van der Waals surface area contributed by atoms with E-state index in [1.807, 2.05) is 19.1 Å². The van der Waals surface area contributed by atoms with Gasteiger partial charge in [0.25, 0.3) is 0 Å². The first-order chi connectivity index (χ1) is 7.13. The number of halogens is 1. The fourth-order valence-corrected chi connectivity index (χ4v) is 1.75. The Morgan fingerprint density at radius 1 is 1.40 bits per heavy atom. The summed E-state index contributed by atoms with van der Waals surface area (Å²) in [6, 6.07) is 8.59. The minimum atomic E-state index is 0.234. The lowest BCUT2D eigenvalue weighted by Gasteiger charge is -2.17. The molecule has 0 aliphatic carbocycles. The van der Waals surface area contributed by atoms with Crippen molar-refractivity contribution in [3.05, 3.63) is 34.3 Å². The van der Waals surface area contributed by atoms with E-state index >= 15 is 0 Å². The molecule has 0 aliphatic rings. The molecule has 0 amide bonds. The number of hydrogen-bond donors (Lipinski definition) is 2. The van der Waals surface area contributed by atoms with Crippen molar-refractivity contribution in [3.63, 3.8) is 0 Å². The lowest BCUT2D eigenvalue weighted by molar-refractivity contribution is 0.231. The Labute approximate surface area is 99.8 Å². The van der Waals surface area contributed by atoms with E-state index in [-0.39, 0.29) is 6.61 Å². The van der Waals surface area contributed by atoms with Crippen molar-refractivity contribution < 1.29 is 5.11 Å². The summed E-state index contributed by atoms with van der Waals surface area (Å²) in [6.07, 6.45) is 0. The molecule has 84 valence electrons. The molecule has 1 rings (SSSR count). The van der Waals surface area contributed by atoms with Crippen LogP contribution in [0.15, 0.2) is 28.7 Å². The predicted octanol–water partition coefficient (Wildman–Crippen LogP) is 2.73. The van der Waals surface area contributed by atoms with Gasteiger partial charge in [-0.1, -0.05) is 35.0 Å². The highest BCUT2D eigenvalue weighted by Crippen LogP contribution is 2.17. The van der Waals surface area contributed by atoms with Gasteiger partial charge in [-0.3, -0.25) is 0 Å². The van der Waals surface area contributed by atoms with E-state index in [1.54, 1.807) is 0 Å². The first-order valence-electron chi connectivity index (χ1n) is 5.23. The minimum Gasteiger partial charge on any atom is -0.396 e. The summed E-state index contributed by atoms with van der Waals surface area (Å²) in [5, 5.41) is 12.3. The molecule has 2 nitrogen and oxygen atoms in total. The summed E-state index contributed by atoms with van der Waals surface area (Å²) >= 11 is 3.46. The van der Waals surface area contributed by atoms with Crippen LogP contribution in [0.5, 0.6) is 0 Å². The Morgan fingerprint density at radius 3 is 2.73 bits per heavy atom. The smallest absolute Gasteiger partial charge is 0.0468 e. The van der Waals surface area contributed by atoms with E-state index in [9.17, 15) is 0 Å². The van der Waals surface area contributed by atoms with E-state index < -0.39 is 0 Å². The van der Waals surface area contributed by atoms with Gasteiger partial charge < -0.3 is 10.4 Å². The molecule has 0 spiro atoms. The van der Waals surface area contributed by atoms with Crippen LogP contribution in [0.2, 0.25) is 0 Å². The Bertz CT molecular complexity index is 303. The van der Waals surface area contributed by atoms with Gasteiger partial charge in [-0.15, -0.1) is 0 Å². The molecule has 0 saturated heterocycles. The first-order valence-corrected chi connectivity index (χ1v) is 6.02. The van der Waals surface area contributed by atoms with Crippen molar-refractivity contribution in [3.8, 4) is 0 Å². The topological polar surface area (TPSA) is 32.3 Å². The van der Waals surface area contributed by atoms with Crippen LogP contribution in [0.1, 0.15) is 25.5 Å². The Hall–Kier alpha value is -0.380. The fraction of sp³-hybridized carbons (Fsp3) is 0.500. The maximum Gasteiger partial charge on any atom is 0.0468 e. The van der Waals surface area contributed by atoms with Crippen LogP contribution in [0, 0.1) is 5.92 Å². The molecule has 0 aromatic heterocycles. The predicted molar refractivity (Wildman–Crippen MR) is 66.8 cm³/mol. The Balaban J connectivity index is 2.50. The molecule has 0 radical (unpaired) electrons. The standard InChI is InChI=1S/C12H18BrNO/c1-9(8-15)7-14-10(2)11-4-3-5-12(13)6-11/h3-6,9-10,14-15H,7-8H2,1-2H3/t9?,10-/m0/s1. The average molecular weight is 272 g/mol. The molecule has 2 atom stereocenters. The zero-order chi connectivity index (χ0) is 11.3. The largest absolute Gasteiger partial charge is 0.396 e. The monoisotopic (exact) mass is 271 g/mol. The molecule has 0 bridgehead atoms. The van der Waals surface area contributed by atoms with E-state index in [2.05, 4.69) is 40.3 Å². The quantitative estimate of drug-likeness (QED) is 0.863. The van der Waals surface area contributed by atoms with E-state index in [4.69, 9.17) is 5.11 Å². The first kappa shape index (κ1) is 12.7. The second-order valence-electron chi connectivity index (χ2n) is 3.97. The highest BCUT2D eigenvalue weighted by molar-refractivity contribution is 9.10. The lowest BCUT2D eigenvalue weighted by atomic mass is 10.1. The fourth-order valence-electron chi connectivity index (χ4n) is 1.34. The lowest BCUT2D eigenvalue weighted by Crippen LogP contribution is -2.26. The summed E-state index contributed by atoms with van der Waals surface area (Å²) in [7, 11) is 0. The number of benzene rings is 1. The SMILES string of the molecule is CC(CO)CN[C@@H](C)c1cccc(Br)c1. The number of rotatable bonds is 5. The summed E-state index contributed by atoms with van der Waals surface area (Å²) in [4.78, 5) is 0. The highest BCUT2D eigenvalue weighted by atomic mass is 79.9. The van der Waals surface area contributed by atoms with E-state index in [0.29, 0.717) is 12.0 Å². The second kappa shape index (κ2) is 6.26. The molecular weight excluding hydrogens is 254 g/mol. The third-order valence-corrected chi connectivity index (χ3v) is 2.93. The van der Waals surface area contributed by atoms with Gasteiger partial charge in [-0.25, -0.2) is 0 Å². The van der Waals surface area contributed by atoms with Crippen molar-refractivity contribution in [1.29, 1.82) is 0 Å². The van der Waals surface area contributed by atoms with Gasteiger partial charge in [0.05, 0.1) is 0 Å².